The monoisotopic (exact) mass is 335 g/mol. The maximum absolute atomic E-state index is 12.3. The highest BCUT2D eigenvalue weighted by Gasteiger charge is 2.15. The van der Waals surface area contributed by atoms with Gasteiger partial charge in [0.25, 0.3) is 0 Å². The van der Waals surface area contributed by atoms with Crippen molar-refractivity contribution in [3.63, 3.8) is 0 Å². The smallest absolute Gasteiger partial charge is 0.220 e. The molecule has 1 aliphatic rings. The van der Waals surface area contributed by atoms with E-state index in [1.165, 1.54) is 23.1 Å². The predicted octanol–water partition coefficient (Wildman–Crippen LogP) is 4.06. The lowest BCUT2D eigenvalue weighted by Gasteiger charge is -2.13. The summed E-state index contributed by atoms with van der Waals surface area (Å²) in [6.45, 7) is 2.68. The van der Waals surface area contributed by atoms with Gasteiger partial charge in [-0.15, -0.1) is 0 Å². The predicted molar refractivity (Wildman–Crippen MR) is 99.9 cm³/mol. The first-order chi connectivity index (χ1) is 12.1. The Balaban J connectivity index is 1.45. The van der Waals surface area contributed by atoms with E-state index in [1.807, 2.05) is 30.3 Å². The zero-order valence-electron chi connectivity index (χ0n) is 14.8. The van der Waals surface area contributed by atoms with Crippen LogP contribution in [0.5, 0.6) is 0 Å². The molecule has 25 heavy (non-hydrogen) atoms. The SMILES string of the molecule is C[C@H](CNC(=O)CCC(=O)c1ccc2c(c1)CCC2)c1ccccc1. The zero-order valence-corrected chi connectivity index (χ0v) is 14.8. The number of amides is 1. The maximum Gasteiger partial charge on any atom is 0.220 e. The highest BCUT2D eigenvalue weighted by molar-refractivity contribution is 5.98. The van der Waals surface area contributed by atoms with Crippen molar-refractivity contribution in [2.75, 3.05) is 6.54 Å². The van der Waals surface area contributed by atoms with Gasteiger partial charge in [0.15, 0.2) is 5.78 Å². The van der Waals surface area contributed by atoms with Crippen LogP contribution in [0.1, 0.15) is 59.2 Å². The molecule has 0 spiro atoms. The second kappa shape index (κ2) is 8.11. The molecule has 0 radical (unpaired) electrons. The summed E-state index contributed by atoms with van der Waals surface area (Å²) in [7, 11) is 0. The van der Waals surface area contributed by atoms with E-state index in [-0.39, 0.29) is 30.4 Å². The van der Waals surface area contributed by atoms with Crippen LogP contribution in [0.3, 0.4) is 0 Å². The van der Waals surface area contributed by atoms with E-state index in [0.717, 1.165) is 18.4 Å². The summed E-state index contributed by atoms with van der Waals surface area (Å²) < 4.78 is 0. The minimum absolute atomic E-state index is 0.0564. The Morgan fingerprint density at radius 2 is 1.76 bits per heavy atom. The number of fused-ring (bicyclic) bond motifs is 1. The van der Waals surface area contributed by atoms with Crippen molar-refractivity contribution in [1.82, 2.24) is 5.32 Å². The molecule has 1 atom stereocenters. The van der Waals surface area contributed by atoms with Crippen molar-refractivity contribution in [3.05, 3.63) is 70.8 Å². The Labute approximate surface area is 149 Å². The number of carbonyl (C=O) groups excluding carboxylic acids is 2. The van der Waals surface area contributed by atoms with E-state index in [1.54, 1.807) is 0 Å². The molecule has 1 N–H and O–H groups in total. The molecule has 0 fully saturated rings. The average Bonchev–Trinajstić information content (AvgIpc) is 3.12. The van der Waals surface area contributed by atoms with E-state index in [0.29, 0.717) is 6.54 Å². The van der Waals surface area contributed by atoms with Crippen LogP contribution in [0.2, 0.25) is 0 Å². The third-order valence-corrected chi connectivity index (χ3v) is 4.97. The zero-order chi connectivity index (χ0) is 17.6. The fourth-order valence-corrected chi connectivity index (χ4v) is 3.37. The molecule has 0 saturated carbocycles. The standard InChI is InChI=1S/C22H25NO2/c1-16(17-6-3-2-4-7-17)15-23-22(25)13-12-21(24)20-11-10-18-8-5-9-19(18)14-20/h2-4,6-7,10-11,14,16H,5,8-9,12-13,15H2,1H3,(H,23,25)/t16-/m1/s1. The van der Waals surface area contributed by atoms with Crippen LogP contribution in [-0.2, 0) is 17.6 Å². The minimum atomic E-state index is -0.0581. The van der Waals surface area contributed by atoms with Crippen LogP contribution in [0.15, 0.2) is 48.5 Å². The van der Waals surface area contributed by atoms with Gasteiger partial charge in [-0.2, -0.15) is 0 Å². The van der Waals surface area contributed by atoms with Gasteiger partial charge in [0.05, 0.1) is 0 Å². The molecule has 3 rings (SSSR count). The van der Waals surface area contributed by atoms with Crippen molar-refractivity contribution in [2.24, 2.45) is 0 Å². The van der Waals surface area contributed by atoms with Crippen LogP contribution in [-0.4, -0.2) is 18.2 Å². The molecule has 0 aliphatic heterocycles. The third kappa shape index (κ3) is 4.56. The molecule has 0 unspecified atom stereocenters. The van der Waals surface area contributed by atoms with Crippen LogP contribution in [0.25, 0.3) is 0 Å². The van der Waals surface area contributed by atoms with Gasteiger partial charge in [-0.3, -0.25) is 9.59 Å². The molecule has 2 aromatic carbocycles. The molecule has 0 saturated heterocycles. The minimum Gasteiger partial charge on any atom is -0.355 e. The summed E-state index contributed by atoms with van der Waals surface area (Å²) >= 11 is 0. The van der Waals surface area contributed by atoms with Gasteiger partial charge in [0.2, 0.25) is 5.91 Å². The van der Waals surface area contributed by atoms with Crippen LogP contribution in [0, 0.1) is 0 Å². The lowest BCUT2D eigenvalue weighted by Crippen LogP contribution is -2.27. The number of Topliss-reactive ketones (excluding diaryl/α,β-unsaturated/α-hetero) is 1. The Hall–Kier alpha value is -2.42. The summed E-state index contributed by atoms with van der Waals surface area (Å²) in [4.78, 5) is 24.4. The van der Waals surface area contributed by atoms with Crippen molar-refractivity contribution in [1.29, 1.82) is 0 Å². The number of hydrogen-bond donors (Lipinski definition) is 1. The second-order valence-corrected chi connectivity index (χ2v) is 6.88. The van der Waals surface area contributed by atoms with Crippen LogP contribution in [0.4, 0.5) is 0 Å². The van der Waals surface area contributed by atoms with Crippen molar-refractivity contribution >= 4 is 11.7 Å². The Kier molecular flexibility index (Phi) is 5.64. The maximum atomic E-state index is 12.3. The Morgan fingerprint density at radius 3 is 2.56 bits per heavy atom. The summed E-state index contributed by atoms with van der Waals surface area (Å²) in [6.07, 6.45) is 3.87. The van der Waals surface area contributed by atoms with Gasteiger partial charge in [-0.25, -0.2) is 0 Å². The molecule has 3 heteroatoms. The summed E-state index contributed by atoms with van der Waals surface area (Å²) in [5.74, 6) is 0.260. The third-order valence-electron chi connectivity index (χ3n) is 4.97. The molecule has 130 valence electrons. The molecule has 1 amide bonds. The van der Waals surface area contributed by atoms with Gasteiger partial charge in [-0.1, -0.05) is 49.4 Å². The molecule has 2 aromatic rings. The highest BCUT2D eigenvalue weighted by Crippen LogP contribution is 2.23. The quantitative estimate of drug-likeness (QED) is 0.776. The number of nitrogens with one attached hydrogen (secondary N) is 1. The van der Waals surface area contributed by atoms with Crippen molar-refractivity contribution < 1.29 is 9.59 Å². The molecule has 1 aliphatic carbocycles. The fraction of sp³-hybridized carbons (Fsp3) is 0.364. The van der Waals surface area contributed by atoms with E-state index < -0.39 is 0 Å². The van der Waals surface area contributed by atoms with Gasteiger partial charge in [-0.05, 0) is 47.9 Å². The first-order valence-corrected chi connectivity index (χ1v) is 9.10. The molecule has 0 bridgehead atoms. The topological polar surface area (TPSA) is 46.2 Å². The average molecular weight is 335 g/mol. The van der Waals surface area contributed by atoms with E-state index in [9.17, 15) is 9.59 Å². The molecular weight excluding hydrogens is 310 g/mol. The lowest BCUT2D eigenvalue weighted by molar-refractivity contribution is -0.121. The second-order valence-electron chi connectivity index (χ2n) is 6.88. The summed E-state index contributed by atoms with van der Waals surface area (Å²) in [6, 6.07) is 16.1. The Bertz CT molecular complexity index is 752. The first kappa shape index (κ1) is 17.4. The van der Waals surface area contributed by atoms with E-state index >= 15 is 0 Å². The fourth-order valence-electron chi connectivity index (χ4n) is 3.37. The number of rotatable bonds is 7. The molecule has 3 nitrogen and oxygen atoms in total. The van der Waals surface area contributed by atoms with Crippen molar-refractivity contribution in [2.45, 2.75) is 44.9 Å². The van der Waals surface area contributed by atoms with Gasteiger partial charge >= 0.3 is 0 Å². The van der Waals surface area contributed by atoms with Crippen LogP contribution >= 0.6 is 0 Å². The number of ketones is 1. The van der Waals surface area contributed by atoms with Gasteiger partial charge in [0, 0.05) is 24.9 Å². The van der Waals surface area contributed by atoms with E-state index in [4.69, 9.17) is 0 Å². The van der Waals surface area contributed by atoms with E-state index in [2.05, 4.69) is 30.4 Å². The lowest BCUT2D eigenvalue weighted by atomic mass is 10.0. The van der Waals surface area contributed by atoms with Crippen LogP contribution < -0.4 is 5.32 Å². The molecular formula is C22H25NO2. The first-order valence-electron chi connectivity index (χ1n) is 9.10. The van der Waals surface area contributed by atoms with Gasteiger partial charge < -0.3 is 5.32 Å². The summed E-state index contributed by atoms with van der Waals surface area (Å²) in [5, 5.41) is 2.94. The molecule has 0 heterocycles. The van der Waals surface area contributed by atoms with Crippen molar-refractivity contribution in [3.8, 4) is 0 Å². The largest absolute Gasteiger partial charge is 0.355 e. The number of carbonyl (C=O) groups is 2. The molecule has 0 aromatic heterocycles. The number of hydrogen-bond acceptors (Lipinski definition) is 2. The number of aryl methyl sites for hydroxylation is 2. The Morgan fingerprint density at radius 1 is 1.00 bits per heavy atom. The normalized spacial score (nSPS) is 14.0. The highest BCUT2D eigenvalue weighted by atomic mass is 16.2. The number of benzene rings is 2. The summed E-state index contributed by atoms with van der Waals surface area (Å²) in [5.41, 5.74) is 4.61. The van der Waals surface area contributed by atoms with Gasteiger partial charge in [0.1, 0.15) is 0 Å².